The van der Waals surface area contributed by atoms with Gasteiger partial charge >= 0.3 is 0 Å². The van der Waals surface area contributed by atoms with Crippen LogP contribution in [0.3, 0.4) is 0 Å². The molecule has 3 nitrogen and oxygen atoms in total. The van der Waals surface area contributed by atoms with Crippen molar-refractivity contribution in [3.8, 4) is 0 Å². The molecule has 1 N–H and O–H groups in total. The summed E-state index contributed by atoms with van der Waals surface area (Å²) in [6, 6.07) is 0. The standard InChI is InChI=1S/C14H22N2OS/c1-15-14(8-6-10(17-2)7-9-14)13-16-11-4-3-5-12(11)18-13/h10,15H,3-9H2,1-2H3. The smallest absolute Gasteiger partial charge is 0.113 e. The second-order valence-electron chi connectivity index (χ2n) is 5.51. The van der Waals surface area contributed by atoms with Gasteiger partial charge in [0.1, 0.15) is 5.01 Å². The molecular weight excluding hydrogens is 244 g/mol. The van der Waals surface area contributed by atoms with Crippen LogP contribution in [0.4, 0.5) is 0 Å². The fourth-order valence-corrected chi connectivity index (χ4v) is 4.69. The first-order valence-electron chi connectivity index (χ1n) is 6.98. The van der Waals surface area contributed by atoms with Crippen molar-refractivity contribution in [2.75, 3.05) is 14.2 Å². The van der Waals surface area contributed by atoms with Crippen molar-refractivity contribution in [3.63, 3.8) is 0 Å². The van der Waals surface area contributed by atoms with Crippen LogP contribution in [0.25, 0.3) is 0 Å². The summed E-state index contributed by atoms with van der Waals surface area (Å²) < 4.78 is 5.48. The van der Waals surface area contributed by atoms with Gasteiger partial charge in [0.25, 0.3) is 0 Å². The summed E-state index contributed by atoms with van der Waals surface area (Å²) in [5.41, 5.74) is 1.49. The number of rotatable bonds is 3. The van der Waals surface area contributed by atoms with Gasteiger partial charge in [-0.3, -0.25) is 0 Å². The molecule has 100 valence electrons. The Morgan fingerprint density at radius 1 is 1.33 bits per heavy atom. The lowest BCUT2D eigenvalue weighted by atomic mass is 9.81. The van der Waals surface area contributed by atoms with Crippen molar-refractivity contribution < 1.29 is 4.74 Å². The molecule has 0 spiro atoms. The normalized spacial score (nSPS) is 31.6. The first-order chi connectivity index (χ1) is 8.77. The number of methoxy groups -OCH3 is 1. The Balaban J connectivity index is 1.83. The highest BCUT2D eigenvalue weighted by Crippen LogP contribution is 2.41. The molecular formula is C14H22N2OS. The van der Waals surface area contributed by atoms with Crippen LogP contribution in [0.2, 0.25) is 0 Å². The molecule has 1 aromatic heterocycles. The van der Waals surface area contributed by atoms with Crippen LogP contribution in [0.15, 0.2) is 0 Å². The second kappa shape index (κ2) is 4.91. The van der Waals surface area contributed by atoms with Crippen molar-refractivity contribution in [2.45, 2.75) is 56.6 Å². The largest absolute Gasteiger partial charge is 0.381 e. The van der Waals surface area contributed by atoms with Crippen LogP contribution < -0.4 is 5.32 Å². The number of fused-ring (bicyclic) bond motifs is 1. The Morgan fingerprint density at radius 3 is 2.72 bits per heavy atom. The minimum absolute atomic E-state index is 0.115. The number of hydrogen-bond donors (Lipinski definition) is 1. The third kappa shape index (κ3) is 2.00. The van der Waals surface area contributed by atoms with Crippen LogP contribution in [0.1, 0.15) is 47.7 Å². The molecule has 2 aliphatic rings. The molecule has 1 heterocycles. The maximum Gasteiger partial charge on any atom is 0.113 e. The predicted molar refractivity (Wildman–Crippen MR) is 74.1 cm³/mol. The SMILES string of the molecule is CNC1(c2nc3c(s2)CCC3)CCC(OC)CC1. The van der Waals surface area contributed by atoms with Gasteiger partial charge in [-0.1, -0.05) is 0 Å². The molecule has 4 heteroatoms. The molecule has 0 atom stereocenters. The van der Waals surface area contributed by atoms with Crippen molar-refractivity contribution in [1.82, 2.24) is 10.3 Å². The molecule has 1 saturated carbocycles. The molecule has 0 bridgehead atoms. The Labute approximate surface area is 113 Å². The van der Waals surface area contributed by atoms with E-state index in [4.69, 9.17) is 9.72 Å². The van der Waals surface area contributed by atoms with Crippen molar-refractivity contribution in [3.05, 3.63) is 15.6 Å². The second-order valence-corrected chi connectivity index (χ2v) is 6.59. The fraction of sp³-hybridized carbons (Fsp3) is 0.786. The molecule has 3 rings (SSSR count). The molecule has 0 amide bonds. The summed E-state index contributed by atoms with van der Waals surface area (Å²) in [5, 5.41) is 4.88. The van der Waals surface area contributed by atoms with Gasteiger partial charge in [-0.05, 0) is 52.0 Å². The van der Waals surface area contributed by atoms with Gasteiger partial charge in [-0.25, -0.2) is 4.98 Å². The topological polar surface area (TPSA) is 34.2 Å². The number of aromatic nitrogens is 1. The van der Waals surface area contributed by atoms with E-state index in [1.54, 1.807) is 0 Å². The number of hydrogen-bond acceptors (Lipinski definition) is 4. The Hall–Kier alpha value is -0.450. The first kappa shape index (κ1) is 12.6. The van der Waals surface area contributed by atoms with Crippen LogP contribution >= 0.6 is 11.3 Å². The number of nitrogens with zero attached hydrogens (tertiary/aromatic N) is 1. The van der Waals surface area contributed by atoms with E-state index in [1.807, 2.05) is 18.4 Å². The van der Waals surface area contributed by atoms with Gasteiger partial charge in [0.2, 0.25) is 0 Å². The maximum absolute atomic E-state index is 5.48. The van der Waals surface area contributed by atoms with E-state index in [-0.39, 0.29) is 5.54 Å². The van der Waals surface area contributed by atoms with Crippen LogP contribution in [-0.2, 0) is 23.1 Å². The minimum atomic E-state index is 0.115. The van der Waals surface area contributed by atoms with Gasteiger partial charge < -0.3 is 10.1 Å². The average molecular weight is 266 g/mol. The van der Waals surface area contributed by atoms with Gasteiger partial charge in [-0.2, -0.15) is 0 Å². The van der Waals surface area contributed by atoms with Crippen LogP contribution in [-0.4, -0.2) is 25.2 Å². The number of aryl methyl sites for hydroxylation is 2. The summed E-state index contributed by atoms with van der Waals surface area (Å²) in [7, 11) is 3.91. The zero-order valence-electron chi connectivity index (χ0n) is 11.3. The van der Waals surface area contributed by atoms with E-state index < -0.39 is 0 Å². The monoisotopic (exact) mass is 266 g/mol. The maximum atomic E-state index is 5.48. The van der Waals surface area contributed by atoms with E-state index in [0.29, 0.717) is 6.10 Å². The zero-order valence-corrected chi connectivity index (χ0v) is 12.1. The molecule has 0 aromatic carbocycles. The Bertz CT molecular complexity index is 400. The summed E-state index contributed by atoms with van der Waals surface area (Å²) in [6.45, 7) is 0. The highest BCUT2D eigenvalue weighted by atomic mass is 32.1. The summed E-state index contributed by atoms with van der Waals surface area (Å²) in [6.07, 6.45) is 8.75. The fourth-order valence-electron chi connectivity index (χ4n) is 3.29. The van der Waals surface area contributed by atoms with Crippen molar-refractivity contribution in [1.29, 1.82) is 0 Å². The van der Waals surface area contributed by atoms with E-state index >= 15 is 0 Å². The quantitative estimate of drug-likeness (QED) is 0.913. The lowest BCUT2D eigenvalue weighted by molar-refractivity contribution is 0.0422. The Kier molecular flexibility index (Phi) is 3.43. The van der Waals surface area contributed by atoms with Gasteiger partial charge in [0, 0.05) is 12.0 Å². The molecule has 0 saturated heterocycles. The zero-order chi connectivity index (χ0) is 12.6. The first-order valence-corrected chi connectivity index (χ1v) is 7.80. The van der Waals surface area contributed by atoms with E-state index in [9.17, 15) is 0 Å². The van der Waals surface area contributed by atoms with Gasteiger partial charge in [-0.15, -0.1) is 11.3 Å². The highest BCUT2D eigenvalue weighted by Gasteiger charge is 2.39. The summed E-state index contributed by atoms with van der Waals surface area (Å²) >= 11 is 1.95. The van der Waals surface area contributed by atoms with Gasteiger partial charge in [0.15, 0.2) is 0 Å². The van der Waals surface area contributed by atoms with E-state index in [0.717, 1.165) is 25.7 Å². The third-order valence-electron chi connectivity index (χ3n) is 4.60. The molecule has 2 aliphatic carbocycles. The third-order valence-corrected chi connectivity index (χ3v) is 5.96. The highest BCUT2D eigenvalue weighted by molar-refractivity contribution is 7.12. The lowest BCUT2D eigenvalue weighted by Crippen LogP contribution is -2.44. The predicted octanol–water partition coefficient (Wildman–Crippen LogP) is 2.64. The van der Waals surface area contributed by atoms with E-state index in [1.165, 1.54) is 34.8 Å². The molecule has 0 unspecified atom stereocenters. The summed E-state index contributed by atoms with van der Waals surface area (Å²) in [5.74, 6) is 0. The van der Waals surface area contributed by atoms with Gasteiger partial charge in [0.05, 0.1) is 17.3 Å². The summed E-state index contributed by atoms with van der Waals surface area (Å²) in [4.78, 5) is 6.46. The van der Waals surface area contributed by atoms with Crippen molar-refractivity contribution in [2.24, 2.45) is 0 Å². The lowest BCUT2D eigenvalue weighted by Gasteiger charge is -2.38. The molecule has 18 heavy (non-hydrogen) atoms. The van der Waals surface area contributed by atoms with Crippen molar-refractivity contribution >= 4 is 11.3 Å². The number of thiazole rings is 1. The average Bonchev–Trinajstić information content (AvgIpc) is 3.00. The van der Waals surface area contributed by atoms with Crippen LogP contribution in [0.5, 0.6) is 0 Å². The van der Waals surface area contributed by atoms with E-state index in [2.05, 4.69) is 12.4 Å². The Morgan fingerprint density at radius 2 is 2.11 bits per heavy atom. The molecule has 0 radical (unpaired) electrons. The molecule has 0 aliphatic heterocycles. The minimum Gasteiger partial charge on any atom is -0.381 e. The number of ether oxygens (including phenoxy) is 1. The molecule has 1 fully saturated rings. The molecule has 1 aromatic rings. The number of nitrogens with one attached hydrogen (secondary N) is 1. The van der Waals surface area contributed by atoms with Crippen LogP contribution in [0, 0.1) is 0 Å².